The van der Waals surface area contributed by atoms with Crippen molar-refractivity contribution in [1.29, 1.82) is 0 Å². The molecule has 0 bridgehead atoms. The highest BCUT2D eigenvalue weighted by Gasteiger charge is 2.44. The Labute approximate surface area is 295 Å². The topological polar surface area (TPSA) is 107 Å². The summed E-state index contributed by atoms with van der Waals surface area (Å²) in [7, 11) is 1.72. The van der Waals surface area contributed by atoms with Gasteiger partial charge < -0.3 is 24.4 Å². The zero-order chi connectivity index (χ0) is 35.3. The number of carbonyl (C=O) groups excluding carboxylic acids is 3. The van der Waals surface area contributed by atoms with Crippen molar-refractivity contribution in [1.82, 2.24) is 5.32 Å². The number of halogens is 1. The third kappa shape index (κ3) is 8.44. The Morgan fingerprint density at radius 3 is 2.69 bits per heavy atom. The number of carbonyl (C=O) groups is 3. The second kappa shape index (κ2) is 15.6. The van der Waals surface area contributed by atoms with Crippen LogP contribution in [0.3, 0.4) is 0 Å². The van der Waals surface area contributed by atoms with Crippen LogP contribution in [0.5, 0.6) is 5.75 Å². The van der Waals surface area contributed by atoms with Crippen molar-refractivity contribution >= 4 is 41.6 Å². The highest BCUT2D eigenvalue weighted by molar-refractivity contribution is 6.30. The van der Waals surface area contributed by atoms with E-state index in [4.69, 9.17) is 25.8 Å². The Morgan fingerprint density at radius 2 is 2.00 bits per heavy atom. The summed E-state index contributed by atoms with van der Waals surface area (Å²) in [5.41, 5.74) is 2.61. The first kappa shape index (κ1) is 36.7. The number of fused-ring (bicyclic) bond motifs is 3. The number of hydrogen-bond donors (Lipinski definition) is 1. The fourth-order valence-corrected chi connectivity index (χ4v) is 7.73. The zero-order valence-electron chi connectivity index (χ0n) is 29.4. The average molecular weight is 692 g/mol. The van der Waals surface area contributed by atoms with Gasteiger partial charge in [-0.05, 0) is 120 Å². The van der Waals surface area contributed by atoms with Crippen molar-refractivity contribution in [3.05, 3.63) is 70.3 Å². The van der Waals surface area contributed by atoms with Gasteiger partial charge in [0.1, 0.15) is 11.4 Å². The summed E-state index contributed by atoms with van der Waals surface area (Å²) in [4.78, 5) is 43.7. The fraction of sp³-hybridized carbons (Fsp3) is 0.538. The van der Waals surface area contributed by atoms with E-state index in [0.717, 1.165) is 61.7 Å². The zero-order valence-corrected chi connectivity index (χ0v) is 30.2. The number of amides is 2. The van der Waals surface area contributed by atoms with E-state index in [-0.39, 0.29) is 48.2 Å². The minimum absolute atomic E-state index is 0.0417. The van der Waals surface area contributed by atoms with Crippen LogP contribution >= 0.6 is 11.6 Å². The lowest BCUT2D eigenvalue weighted by atomic mass is 9.68. The third-order valence-electron chi connectivity index (χ3n) is 10.3. The number of Topliss-reactive ketones (excluding diaryl/α,β-unsaturated/α-hetero) is 1. The monoisotopic (exact) mass is 691 g/mol. The van der Waals surface area contributed by atoms with Crippen LogP contribution in [-0.4, -0.2) is 75.5 Å². The van der Waals surface area contributed by atoms with Crippen molar-refractivity contribution in [2.75, 3.05) is 38.3 Å². The molecule has 2 amide bonds. The molecule has 264 valence electrons. The number of anilines is 1. The molecule has 1 fully saturated rings. The number of benzene rings is 2. The predicted molar refractivity (Wildman–Crippen MR) is 193 cm³/mol. The largest absolute Gasteiger partial charge is 0.490 e. The minimum Gasteiger partial charge on any atom is -0.490 e. The Hall–Kier alpha value is -3.53. The second-order valence-corrected chi connectivity index (χ2v) is 15.0. The molecule has 0 radical (unpaired) electrons. The molecular formula is C39H50ClN3O6. The van der Waals surface area contributed by atoms with Gasteiger partial charge >= 0.3 is 0 Å². The Morgan fingerprint density at radius 1 is 1.20 bits per heavy atom. The normalized spacial score (nSPS) is 22.5. The van der Waals surface area contributed by atoms with Crippen LogP contribution < -0.4 is 15.0 Å². The molecule has 1 heterocycles. The molecule has 1 N–H and O–H groups in total. The summed E-state index contributed by atoms with van der Waals surface area (Å²) in [6, 6.07) is 11.7. The van der Waals surface area contributed by atoms with Crippen molar-refractivity contribution in [3.63, 3.8) is 0 Å². The van der Waals surface area contributed by atoms with E-state index in [0.29, 0.717) is 18.1 Å². The van der Waals surface area contributed by atoms with E-state index in [1.807, 2.05) is 44.2 Å². The van der Waals surface area contributed by atoms with E-state index < -0.39 is 11.5 Å². The average Bonchev–Trinajstić information content (AvgIpc) is 3.20. The highest BCUT2D eigenvalue weighted by Crippen LogP contribution is 2.47. The molecule has 2 aromatic carbocycles. The van der Waals surface area contributed by atoms with E-state index in [2.05, 4.69) is 34.1 Å². The Kier molecular flexibility index (Phi) is 11.7. The van der Waals surface area contributed by atoms with Crippen LogP contribution in [0.2, 0.25) is 5.02 Å². The minimum atomic E-state index is -1.05. The smallest absolute Gasteiger partial charge is 0.276 e. The van der Waals surface area contributed by atoms with Gasteiger partial charge in [0.05, 0.1) is 31.4 Å². The van der Waals surface area contributed by atoms with Gasteiger partial charge in [0.15, 0.2) is 5.78 Å². The van der Waals surface area contributed by atoms with Crippen LogP contribution in [-0.2, 0) is 30.9 Å². The van der Waals surface area contributed by atoms with Gasteiger partial charge in [-0.1, -0.05) is 29.8 Å². The lowest BCUT2D eigenvalue weighted by molar-refractivity contribution is -0.137. The number of ketones is 1. The summed E-state index contributed by atoms with van der Waals surface area (Å²) >= 11 is 6.44. The molecule has 0 saturated heterocycles. The molecule has 3 aliphatic rings. The van der Waals surface area contributed by atoms with Gasteiger partial charge in [0.2, 0.25) is 5.91 Å². The second-order valence-electron chi connectivity index (χ2n) is 14.5. The molecule has 9 nitrogen and oxygen atoms in total. The van der Waals surface area contributed by atoms with Crippen LogP contribution in [0, 0.1) is 11.8 Å². The van der Waals surface area contributed by atoms with E-state index in [1.165, 1.54) is 11.1 Å². The predicted octanol–water partition coefficient (Wildman–Crippen LogP) is 6.53. The maximum atomic E-state index is 13.3. The van der Waals surface area contributed by atoms with E-state index >= 15 is 0 Å². The van der Waals surface area contributed by atoms with E-state index in [9.17, 15) is 14.4 Å². The summed E-state index contributed by atoms with van der Waals surface area (Å²) < 4.78 is 18.4. The number of ether oxygens (including phenoxy) is 3. The summed E-state index contributed by atoms with van der Waals surface area (Å²) in [6.45, 7) is 12.7. The summed E-state index contributed by atoms with van der Waals surface area (Å²) in [6.07, 6.45) is 8.65. The molecule has 1 saturated carbocycles. The molecule has 10 heteroatoms. The fourth-order valence-electron chi connectivity index (χ4n) is 7.54. The SMILES string of the molecule is C=NC(=O)C(C)(C)OC/C=C/[C@H](OC)[C@@H]1CC[C@H]1CN1C[C@@]2(CCCc3cc(Cl)ccc32)COc2ccc(C(=O)CC(=O)NC(C)C)cc21. The van der Waals surface area contributed by atoms with Crippen molar-refractivity contribution < 1.29 is 28.6 Å². The van der Waals surface area contributed by atoms with Crippen molar-refractivity contribution in [3.8, 4) is 5.75 Å². The number of hydrogen-bond acceptors (Lipinski definition) is 7. The third-order valence-corrected chi connectivity index (χ3v) is 10.5. The Bertz CT molecular complexity index is 1590. The molecule has 4 atom stereocenters. The maximum Gasteiger partial charge on any atom is 0.276 e. The van der Waals surface area contributed by atoms with Crippen LogP contribution in [0.4, 0.5) is 5.69 Å². The maximum absolute atomic E-state index is 13.3. The van der Waals surface area contributed by atoms with Crippen LogP contribution in [0.15, 0.2) is 53.5 Å². The lowest BCUT2D eigenvalue weighted by Gasteiger charge is -2.46. The molecule has 49 heavy (non-hydrogen) atoms. The number of methoxy groups -OCH3 is 1. The molecular weight excluding hydrogens is 642 g/mol. The Balaban J connectivity index is 1.41. The number of aliphatic imine (C=N–C) groups is 1. The quantitative estimate of drug-likeness (QED) is 0.110. The van der Waals surface area contributed by atoms with Gasteiger partial charge in [0.25, 0.3) is 5.91 Å². The van der Waals surface area contributed by atoms with Crippen molar-refractivity contribution in [2.45, 2.75) is 89.4 Å². The first-order valence-electron chi connectivity index (χ1n) is 17.3. The number of nitrogens with one attached hydrogen (secondary N) is 1. The molecule has 5 rings (SSSR count). The number of aryl methyl sites for hydroxylation is 1. The molecule has 0 unspecified atom stereocenters. The number of rotatable bonds is 13. The van der Waals surface area contributed by atoms with Crippen LogP contribution in [0.1, 0.15) is 81.3 Å². The van der Waals surface area contributed by atoms with Gasteiger partial charge in [-0.2, -0.15) is 0 Å². The van der Waals surface area contributed by atoms with Gasteiger partial charge in [-0.25, -0.2) is 4.99 Å². The van der Waals surface area contributed by atoms with Gasteiger partial charge in [0, 0.05) is 42.2 Å². The molecule has 1 aliphatic heterocycles. The highest BCUT2D eigenvalue weighted by atomic mass is 35.5. The standard InChI is InChI=1S/C39H50ClN3O6/c1-25(2)42-36(45)21-33(44)27-12-16-35-32(20-27)43(23-39(24-48-35)17-7-9-26-19-29(40)13-15-31(26)39)22-28-11-14-30(28)34(47-6)10-8-18-49-38(3,4)37(46)41-5/h8,10,12-13,15-16,19-20,25,28,30,34H,5,7,9,11,14,17-18,21-24H2,1-4,6H3,(H,42,45)/b10-8+/t28-,30+,34-,39-/m0/s1. The first-order valence-corrected chi connectivity index (χ1v) is 17.7. The van der Waals surface area contributed by atoms with Gasteiger partial charge in [-0.3, -0.25) is 14.4 Å². The lowest BCUT2D eigenvalue weighted by Crippen LogP contribution is -2.49. The number of nitrogens with zero attached hydrogens (tertiary/aromatic N) is 2. The molecule has 1 spiro atoms. The first-order chi connectivity index (χ1) is 23.4. The summed E-state index contributed by atoms with van der Waals surface area (Å²) in [5.74, 6) is 0.425. The van der Waals surface area contributed by atoms with E-state index in [1.54, 1.807) is 27.0 Å². The molecule has 0 aromatic heterocycles. The molecule has 2 aromatic rings. The van der Waals surface area contributed by atoms with Gasteiger partial charge in [-0.15, -0.1) is 0 Å². The summed E-state index contributed by atoms with van der Waals surface area (Å²) in [5, 5.41) is 3.56. The molecule has 2 aliphatic carbocycles. The van der Waals surface area contributed by atoms with Crippen LogP contribution in [0.25, 0.3) is 0 Å². The van der Waals surface area contributed by atoms with Crippen molar-refractivity contribution in [2.24, 2.45) is 16.8 Å².